The van der Waals surface area contributed by atoms with E-state index in [4.69, 9.17) is 10.5 Å². The first kappa shape index (κ1) is 17.6. The maximum Gasteiger partial charge on any atom is 0.387 e. The van der Waals surface area contributed by atoms with Crippen molar-refractivity contribution in [2.75, 3.05) is 12.3 Å². The molecule has 1 aromatic carbocycles. The molecule has 9 heteroatoms. The summed E-state index contributed by atoms with van der Waals surface area (Å²) in [5.74, 6) is 0.652. The van der Waals surface area contributed by atoms with Crippen LogP contribution in [0.2, 0.25) is 0 Å². The summed E-state index contributed by atoms with van der Waals surface area (Å²) in [6.45, 7) is -0.219. The van der Waals surface area contributed by atoms with Crippen molar-refractivity contribution in [2.45, 2.75) is 20.1 Å². The molecule has 2 aromatic heterocycles. The SMILES string of the molecule is CCOc1ncc(Cn2cnc(N)n2)cc1-c1cccc(OC(F)F)c1. The smallest absolute Gasteiger partial charge is 0.387 e. The Morgan fingerprint density at radius 2 is 2.08 bits per heavy atom. The fourth-order valence-electron chi connectivity index (χ4n) is 2.45. The summed E-state index contributed by atoms with van der Waals surface area (Å²) >= 11 is 0. The van der Waals surface area contributed by atoms with Crippen LogP contribution in [0.5, 0.6) is 11.6 Å². The van der Waals surface area contributed by atoms with Crippen LogP contribution in [-0.4, -0.2) is 33.0 Å². The van der Waals surface area contributed by atoms with E-state index in [0.29, 0.717) is 30.2 Å². The zero-order valence-electron chi connectivity index (χ0n) is 14.0. The summed E-state index contributed by atoms with van der Waals surface area (Å²) in [7, 11) is 0. The molecule has 0 bridgehead atoms. The molecule has 3 rings (SSSR count). The lowest BCUT2D eigenvalue weighted by atomic mass is 10.0. The first-order valence-electron chi connectivity index (χ1n) is 7.87. The molecule has 2 N–H and O–H groups in total. The Kier molecular flexibility index (Phi) is 5.26. The summed E-state index contributed by atoms with van der Waals surface area (Å²) in [4.78, 5) is 8.21. The van der Waals surface area contributed by atoms with Crippen molar-refractivity contribution in [1.29, 1.82) is 0 Å². The first-order valence-corrected chi connectivity index (χ1v) is 7.87. The van der Waals surface area contributed by atoms with Crippen LogP contribution in [0.25, 0.3) is 11.1 Å². The molecule has 7 nitrogen and oxygen atoms in total. The molecule has 136 valence electrons. The van der Waals surface area contributed by atoms with Gasteiger partial charge in [0.05, 0.1) is 13.2 Å². The number of halogens is 2. The number of aromatic nitrogens is 4. The third kappa shape index (κ3) is 4.24. The van der Waals surface area contributed by atoms with Gasteiger partial charge >= 0.3 is 6.61 Å². The number of hydrogen-bond donors (Lipinski definition) is 1. The summed E-state index contributed by atoms with van der Waals surface area (Å²) < 4.78 is 36.6. The third-order valence-electron chi connectivity index (χ3n) is 3.46. The Labute approximate surface area is 148 Å². The van der Waals surface area contributed by atoms with E-state index in [-0.39, 0.29) is 11.7 Å². The van der Waals surface area contributed by atoms with Crippen molar-refractivity contribution in [3.05, 3.63) is 48.4 Å². The molecular weight excluding hydrogens is 344 g/mol. The topological polar surface area (TPSA) is 88.1 Å². The minimum atomic E-state index is -2.89. The van der Waals surface area contributed by atoms with Gasteiger partial charge in [-0.3, -0.25) is 0 Å². The molecule has 0 unspecified atom stereocenters. The molecular formula is C17H17F2N5O2. The van der Waals surface area contributed by atoms with Crippen LogP contribution in [-0.2, 0) is 6.54 Å². The van der Waals surface area contributed by atoms with Crippen LogP contribution in [0, 0.1) is 0 Å². The number of nitrogens with two attached hydrogens (primary N) is 1. The van der Waals surface area contributed by atoms with Gasteiger partial charge in [-0.1, -0.05) is 12.1 Å². The van der Waals surface area contributed by atoms with Gasteiger partial charge in [-0.15, -0.1) is 5.10 Å². The predicted molar refractivity (Wildman–Crippen MR) is 91.0 cm³/mol. The Morgan fingerprint density at radius 3 is 2.77 bits per heavy atom. The second-order valence-corrected chi connectivity index (χ2v) is 5.34. The molecule has 0 fully saturated rings. The number of nitrogens with zero attached hydrogens (tertiary/aromatic N) is 4. The minimum Gasteiger partial charge on any atom is -0.478 e. The summed E-state index contributed by atoms with van der Waals surface area (Å²) in [6, 6.07) is 8.24. The molecule has 0 radical (unpaired) electrons. The fraction of sp³-hybridized carbons (Fsp3) is 0.235. The lowest BCUT2D eigenvalue weighted by Crippen LogP contribution is -2.04. The fourth-order valence-corrected chi connectivity index (χ4v) is 2.45. The molecule has 26 heavy (non-hydrogen) atoms. The second kappa shape index (κ2) is 7.77. The minimum absolute atomic E-state index is 0.0643. The van der Waals surface area contributed by atoms with Gasteiger partial charge in [-0.05, 0) is 36.2 Å². The molecule has 0 amide bonds. The van der Waals surface area contributed by atoms with Crippen LogP contribution in [0.4, 0.5) is 14.7 Å². The number of benzene rings is 1. The van der Waals surface area contributed by atoms with Crippen LogP contribution >= 0.6 is 0 Å². The van der Waals surface area contributed by atoms with Gasteiger partial charge < -0.3 is 15.2 Å². The zero-order valence-corrected chi connectivity index (χ0v) is 14.0. The molecule has 3 aromatic rings. The second-order valence-electron chi connectivity index (χ2n) is 5.34. The van der Waals surface area contributed by atoms with Crippen molar-refractivity contribution < 1.29 is 18.3 Å². The van der Waals surface area contributed by atoms with E-state index in [1.165, 1.54) is 18.5 Å². The van der Waals surface area contributed by atoms with Gasteiger partial charge in [0.2, 0.25) is 11.8 Å². The molecule has 0 aliphatic heterocycles. The number of rotatable bonds is 7. The maximum atomic E-state index is 12.5. The Balaban J connectivity index is 1.96. The summed E-state index contributed by atoms with van der Waals surface area (Å²) in [5.41, 5.74) is 7.66. The van der Waals surface area contributed by atoms with Crippen molar-refractivity contribution in [2.24, 2.45) is 0 Å². The molecule has 0 spiro atoms. The molecule has 0 aliphatic carbocycles. The van der Waals surface area contributed by atoms with Crippen LogP contribution in [0.3, 0.4) is 0 Å². The summed E-state index contributed by atoms with van der Waals surface area (Å²) in [6.07, 6.45) is 3.18. The van der Waals surface area contributed by atoms with E-state index in [0.717, 1.165) is 5.56 Å². The average molecular weight is 361 g/mol. The van der Waals surface area contributed by atoms with Gasteiger partial charge in [0, 0.05) is 11.8 Å². The zero-order chi connectivity index (χ0) is 18.5. The van der Waals surface area contributed by atoms with Gasteiger partial charge in [0.25, 0.3) is 0 Å². The number of hydrogen-bond acceptors (Lipinski definition) is 6. The van der Waals surface area contributed by atoms with E-state index in [1.54, 1.807) is 23.0 Å². The van der Waals surface area contributed by atoms with E-state index in [2.05, 4.69) is 19.8 Å². The van der Waals surface area contributed by atoms with E-state index >= 15 is 0 Å². The molecule has 0 atom stereocenters. The molecule has 0 saturated carbocycles. The monoisotopic (exact) mass is 361 g/mol. The Bertz CT molecular complexity index is 885. The molecule has 0 aliphatic rings. The first-order chi connectivity index (χ1) is 12.5. The van der Waals surface area contributed by atoms with Gasteiger partial charge in [-0.25, -0.2) is 14.6 Å². The van der Waals surface area contributed by atoms with Gasteiger partial charge in [0.15, 0.2) is 0 Å². The van der Waals surface area contributed by atoms with E-state index < -0.39 is 6.61 Å². The lowest BCUT2D eigenvalue weighted by molar-refractivity contribution is -0.0498. The Morgan fingerprint density at radius 1 is 1.23 bits per heavy atom. The number of nitrogen functional groups attached to an aromatic ring is 1. The van der Waals surface area contributed by atoms with Gasteiger partial charge in [0.1, 0.15) is 12.1 Å². The predicted octanol–water partition coefficient (Wildman–Crippen LogP) is 2.97. The highest BCUT2D eigenvalue weighted by Crippen LogP contribution is 2.32. The highest BCUT2D eigenvalue weighted by Gasteiger charge is 2.12. The van der Waals surface area contributed by atoms with E-state index in [1.807, 2.05) is 13.0 Å². The summed E-state index contributed by atoms with van der Waals surface area (Å²) in [5, 5.41) is 4.03. The Hall–Kier alpha value is -3.23. The normalized spacial score (nSPS) is 10.9. The number of anilines is 1. The quantitative estimate of drug-likeness (QED) is 0.696. The van der Waals surface area contributed by atoms with Crippen LogP contribution in [0.15, 0.2) is 42.9 Å². The number of alkyl halides is 2. The number of ether oxygens (including phenoxy) is 2. The average Bonchev–Trinajstić information content (AvgIpc) is 3.01. The lowest BCUT2D eigenvalue weighted by Gasteiger charge is -2.12. The third-order valence-corrected chi connectivity index (χ3v) is 3.46. The van der Waals surface area contributed by atoms with Crippen molar-refractivity contribution in [1.82, 2.24) is 19.7 Å². The van der Waals surface area contributed by atoms with Crippen molar-refractivity contribution in [3.63, 3.8) is 0 Å². The molecule has 2 heterocycles. The highest BCUT2D eigenvalue weighted by molar-refractivity contribution is 5.70. The van der Waals surface area contributed by atoms with E-state index in [9.17, 15) is 8.78 Å². The van der Waals surface area contributed by atoms with Crippen LogP contribution < -0.4 is 15.2 Å². The number of pyridine rings is 1. The maximum absolute atomic E-state index is 12.5. The molecule has 0 saturated heterocycles. The highest BCUT2D eigenvalue weighted by atomic mass is 19.3. The van der Waals surface area contributed by atoms with Gasteiger partial charge in [-0.2, -0.15) is 8.78 Å². The standard InChI is InChI=1S/C17H17F2N5O2/c1-2-25-15-14(12-4-3-5-13(7-12)26-16(18)19)6-11(8-21-15)9-24-10-22-17(20)23-24/h3-8,10,16H,2,9H2,1H3,(H2,20,23). The van der Waals surface area contributed by atoms with Crippen molar-refractivity contribution in [3.8, 4) is 22.8 Å². The largest absolute Gasteiger partial charge is 0.478 e. The van der Waals surface area contributed by atoms with Crippen molar-refractivity contribution >= 4 is 5.95 Å². The van der Waals surface area contributed by atoms with Crippen LogP contribution in [0.1, 0.15) is 12.5 Å².